The van der Waals surface area contributed by atoms with Crippen LogP contribution in [0.2, 0.25) is 0 Å². The number of fused-ring (bicyclic) bond motifs is 1. The first-order chi connectivity index (χ1) is 9.67. The molecule has 8 nitrogen and oxygen atoms in total. The van der Waals surface area contributed by atoms with Crippen LogP contribution in [0.3, 0.4) is 0 Å². The number of aromatic nitrogens is 3. The Morgan fingerprint density at radius 3 is 3.00 bits per heavy atom. The van der Waals surface area contributed by atoms with Gasteiger partial charge in [0.05, 0.1) is 12.0 Å². The molecule has 1 aliphatic heterocycles. The molecule has 1 saturated heterocycles. The van der Waals surface area contributed by atoms with Gasteiger partial charge in [-0.2, -0.15) is 0 Å². The molecule has 8 heteroatoms. The maximum atomic E-state index is 10.1. The van der Waals surface area contributed by atoms with Gasteiger partial charge in [0, 0.05) is 13.3 Å². The first kappa shape index (κ1) is 13.3. The first-order valence-corrected chi connectivity index (χ1v) is 6.21. The Balaban J connectivity index is 2.04. The van der Waals surface area contributed by atoms with Gasteiger partial charge in [-0.1, -0.05) is 0 Å². The summed E-state index contributed by atoms with van der Waals surface area (Å²) >= 11 is 0. The Labute approximate surface area is 114 Å². The molecule has 1 fully saturated rings. The maximum absolute atomic E-state index is 10.1. The Kier molecular flexibility index (Phi) is 3.30. The molecule has 4 N–H and O–H groups in total. The molecule has 0 radical (unpaired) electrons. The summed E-state index contributed by atoms with van der Waals surface area (Å²) in [5, 5.41) is 20.0. The summed E-state index contributed by atoms with van der Waals surface area (Å²) in [4.78, 5) is 8.11. The van der Waals surface area contributed by atoms with Gasteiger partial charge in [0.1, 0.15) is 36.1 Å². The minimum atomic E-state index is -0.911. The summed E-state index contributed by atoms with van der Waals surface area (Å²) in [5.41, 5.74) is 6.38. The van der Waals surface area contributed by atoms with Gasteiger partial charge in [0.2, 0.25) is 0 Å². The van der Waals surface area contributed by atoms with Crippen molar-refractivity contribution in [2.75, 3.05) is 19.5 Å². The van der Waals surface area contributed by atoms with Crippen LogP contribution in [0.15, 0.2) is 18.6 Å². The van der Waals surface area contributed by atoms with E-state index in [9.17, 15) is 10.2 Å². The van der Waals surface area contributed by atoms with Crippen molar-refractivity contribution in [3.8, 4) is 0 Å². The van der Waals surface area contributed by atoms with Gasteiger partial charge in [-0.05, 0) is 6.07 Å². The predicted octanol–water partition coefficient (Wildman–Crippen LogP) is -0.721. The van der Waals surface area contributed by atoms with Crippen LogP contribution >= 0.6 is 0 Å². The molecule has 3 rings (SSSR count). The van der Waals surface area contributed by atoms with E-state index >= 15 is 0 Å². The smallest absolute Gasteiger partial charge is 0.164 e. The maximum Gasteiger partial charge on any atom is 0.164 e. The molecule has 4 atom stereocenters. The molecule has 0 aliphatic carbocycles. The second-order valence-corrected chi connectivity index (χ2v) is 4.66. The van der Waals surface area contributed by atoms with E-state index in [-0.39, 0.29) is 6.61 Å². The third kappa shape index (κ3) is 1.85. The number of nitrogens with zero attached hydrogens (tertiary/aromatic N) is 3. The Morgan fingerprint density at radius 2 is 2.30 bits per heavy atom. The number of anilines is 1. The van der Waals surface area contributed by atoms with E-state index < -0.39 is 24.5 Å². The predicted molar refractivity (Wildman–Crippen MR) is 69.7 cm³/mol. The van der Waals surface area contributed by atoms with Crippen molar-refractivity contribution in [1.29, 1.82) is 0 Å². The van der Waals surface area contributed by atoms with Crippen molar-refractivity contribution in [2.24, 2.45) is 0 Å². The molecule has 0 aromatic carbocycles. The number of aliphatic hydroxyl groups is 2. The fourth-order valence-electron chi connectivity index (χ4n) is 2.54. The fraction of sp³-hybridized carbons (Fsp3) is 0.500. The highest BCUT2D eigenvalue weighted by Crippen LogP contribution is 2.34. The van der Waals surface area contributed by atoms with E-state index in [1.54, 1.807) is 16.8 Å². The number of rotatable bonds is 3. The Morgan fingerprint density at radius 1 is 1.50 bits per heavy atom. The van der Waals surface area contributed by atoms with Crippen molar-refractivity contribution in [1.82, 2.24) is 14.5 Å². The standard InChI is InChI=1S/C12H16N4O4/c1-19-9-8(18)7(4-17)20-12(9)16-3-2-6-10(13)14-5-15-11(6)16/h2-3,5,7-9,12,17-18H,4H2,1H3,(H2,13,14,15)/t7-,8-,9-,12-/m0/s1. The molecule has 0 amide bonds. The van der Waals surface area contributed by atoms with Gasteiger partial charge < -0.3 is 30.0 Å². The third-order valence-electron chi connectivity index (χ3n) is 3.58. The summed E-state index contributed by atoms with van der Waals surface area (Å²) in [6.45, 7) is -0.284. The van der Waals surface area contributed by atoms with Gasteiger partial charge in [0.25, 0.3) is 0 Å². The number of hydrogen-bond acceptors (Lipinski definition) is 7. The van der Waals surface area contributed by atoms with Crippen LogP contribution in [-0.4, -0.2) is 56.8 Å². The number of methoxy groups -OCH3 is 1. The van der Waals surface area contributed by atoms with E-state index in [2.05, 4.69) is 9.97 Å². The van der Waals surface area contributed by atoms with Crippen LogP contribution in [0.4, 0.5) is 5.82 Å². The zero-order chi connectivity index (χ0) is 14.3. The highest BCUT2D eigenvalue weighted by molar-refractivity contribution is 5.86. The Hall–Kier alpha value is -1.74. The highest BCUT2D eigenvalue weighted by Gasteiger charge is 2.45. The van der Waals surface area contributed by atoms with Crippen LogP contribution in [0.5, 0.6) is 0 Å². The molecule has 20 heavy (non-hydrogen) atoms. The first-order valence-electron chi connectivity index (χ1n) is 6.21. The molecule has 0 spiro atoms. The topological polar surface area (TPSA) is 116 Å². The molecular formula is C12H16N4O4. The SMILES string of the molecule is CO[C@H]1[C@@H](O)[C@H](CO)O[C@@H]1n1ccc2c(N)ncnc21. The zero-order valence-corrected chi connectivity index (χ0v) is 10.9. The molecule has 1 aliphatic rings. The Bertz CT molecular complexity index is 617. The van der Waals surface area contributed by atoms with Gasteiger partial charge in [-0.25, -0.2) is 9.97 Å². The summed E-state index contributed by atoms with van der Waals surface area (Å²) < 4.78 is 12.7. The molecule has 0 bridgehead atoms. The van der Waals surface area contributed by atoms with E-state index in [4.69, 9.17) is 15.2 Å². The monoisotopic (exact) mass is 280 g/mol. The summed E-state index contributed by atoms with van der Waals surface area (Å²) in [5.74, 6) is 0.375. The van der Waals surface area contributed by atoms with Gasteiger partial charge in [-0.15, -0.1) is 0 Å². The lowest BCUT2D eigenvalue weighted by atomic mass is 10.1. The molecule has 108 valence electrons. The zero-order valence-electron chi connectivity index (χ0n) is 10.9. The van der Waals surface area contributed by atoms with Crippen molar-refractivity contribution in [2.45, 2.75) is 24.5 Å². The lowest BCUT2D eigenvalue weighted by Gasteiger charge is -2.20. The van der Waals surface area contributed by atoms with Crippen LogP contribution in [0, 0.1) is 0 Å². The quantitative estimate of drug-likeness (QED) is 0.679. The van der Waals surface area contributed by atoms with Crippen LogP contribution in [0.1, 0.15) is 6.23 Å². The molecule has 0 unspecified atom stereocenters. The fourth-order valence-corrected chi connectivity index (χ4v) is 2.54. The van der Waals surface area contributed by atoms with E-state index in [1.165, 1.54) is 13.4 Å². The number of hydrogen-bond donors (Lipinski definition) is 3. The highest BCUT2D eigenvalue weighted by atomic mass is 16.6. The largest absolute Gasteiger partial charge is 0.394 e. The second-order valence-electron chi connectivity index (χ2n) is 4.66. The van der Waals surface area contributed by atoms with Crippen molar-refractivity contribution < 1.29 is 19.7 Å². The van der Waals surface area contributed by atoms with E-state index in [0.717, 1.165) is 0 Å². The van der Waals surface area contributed by atoms with Gasteiger partial charge >= 0.3 is 0 Å². The minimum Gasteiger partial charge on any atom is -0.394 e. The van der Waals surface area contributed by atoms with Crippen LogP contribution in [-0.2, 0) is 9.47 Å². The van der Waals surface area contributed by atoms with E-state index in [1.807, 2.05) is 0 Å². The van der Waals surface area contributed by atoms with Gasteiger partial charge in [-0.3, -0.25) is 0 Å². The van der Waals surface area contributed by atoms with Crippen LogP contribution < -0.4 is 5.73 Å². The van der Waals surface area contributed by atoms with Crippen LogP contribution in [0.25, 0.3) is 11.0 Å². The normalized spacial score (nSPS) is 30.1. The average Bonchev–Trinajstić information content (AvgIpc) is 3.00. The number of nitrogens with two attached hydrogens (primary N) is 1. The third-order valence-corrected chi connectivity index (χ3v) is 3.58. The van der Waals surface area contributed by atoms with E-state index in [0.29, 0.717) is 16.9 Å². The molecule has 0 saturated carbocycles. The van der Waals surface area contributed by atoms with Crippen molar-refractivity contribution in [3.05, 3.63) is 18.6 Å². The number of ether oxygens (including phenoxy) is 2. The molecule has 3 heterocycles. The average molecular weight is 280 g/mol. The summed E-state index contributed by atoms with van der Waals surface area (Å²) in [7, 11) is 1.49. The van der Waals surface area contributed by atoms with Gasteiger partial charge in [0.15, 0.2) is 6.23 Å². The number of aliphatic hydroxyl groups excluding tert-OH is 2. The lowest BCUT2D eigenvalue weighted by molar-refractivity contribution is -0.0580. The second kappa shape index (κ2) is 4.98. The lowest BCUT2D eigenvalue weighted by Crippen LogP contribution is -2.34. The summed E-state index contributed by atoms with van der Waals surface area (Å²) in [6, 6.07) is 1.78. The number of nitrogen functional groups attached to an aromatic ring is 1. The summed E-state index contributed by atoms with van der Waals surface area (Å²) in [6.07, 6.45) is 0.329. The van der Waals surface area contributed by atoms with Crippen molar-refractivity contribution >= 4 is 16.9 Å². The molecular weight excluding hydrogens is 264 g/mol. The van der Waals surface area contributed by atoms with Crippen molar-refractivity contribution in [3.63, 3.8) is 0 Å². The minimum absolute atomic E-state index is 0.284. The molecule has 2 aromatic heterocycles. The molecule has 2 aromatic rings.